The number of carbonyl (C=O) groups excluding carboxylic acids is 1. The number of aromatic nitrogens is 1. The third-order valence-corrected chi connectivity index (χ3v) is 5.49. The summed E-state index contributed by atoms with van der Waals surface area (Å²) in [7, 11) is 0. The number of pyridine rings is 1. The van der Waals surface area contributed by atoms with Crippen molar-refractivity contribution in [3.63, 3.8) is 0 Å². The molecule has 0 saturated heterocycles. The summed E-state index contributed by atoms with van der Waals surface area (Å²) in [5, 5.41) is 14.8. The molecule has 0 radical (unpaired) electrons. The van der Waals surface area contributed by atoms with Crippen LogP contribution in [0.4, 0.5) is 13.2 Å². The van der Waals surface area contributed by atoms with E-state index in [4.69, 9.17) is 0 Å². The van der Waals surface area contributed by atoms with Gasteiger partial charge in [-0.15, -0.1) is 0 Å². The molecule has 4 aromatic rings. The van der Waals surface area contributed by atoms with Crippen LogP contribution in [0.1, 0.15) is 34.6 Å². The number of nitrogens with one attached hydrogen (secondary N) is 1. The van der Waals surface area contributed by atoms with E-state index < -0.39 is 23.9 Å². The van der Waals surface area contributed by atoms with Gasteiger partial charge in [0.2, 0.25) is 0 Å². The van der Waals surface area contributed by atoms with Crippen LogP contribution in [-0.4, -0.2) is 22.0 Å². The lowest BCUT2D eigenvalue weighted by molar-refractivity contribution is -0.137. The normalized spacial score (nSPS) is 13.5. The zero-order valence-electron chi connectivity index (χ0n) is 17.7. The molecule has 0 bridgehead atoms. The van der Waals surface area contributed by atoms with Crippen molar-refractivity contribution in [2.24, 2.45) is 0 Å². The molecule has 3 aromatic carbocycles. The second kappa shape index (κ2) is 9.03. The lowest BCUT2D eigenvalue weighted by Crippen LogP contribution is -2.37. The molecule has 0 aliphatic carbocycles. The Kier molecular flexibility index (Phi) is 6.16. The van der Waals surface area contributed by atoms with Gasteiger partial charge in [-0.2, -0.15) is 13.2 Å². The summed E-state index contributed by atoms with van der Waals surface area (Å²) in [4.78, 5) is 16.9. The van der Waals surface area contributed by atoms with Crippen molar-refractivity contribution < 1.29 is 23.1 Å². The topological polar surface area (TPSA) is 62.2 Å². The molecule has 2 atom stereocenters. The number of rotatable bonds is 5. The quantitative estimate of drug-likeness (QED) is 0.406. The first kappa shape index (κ1) is 22.5. The van der Waals surface area contributed by atoms with E-state index in [2.05, 4.69) is 10.3 Å². The van der Waals surface area contributed by atoms with Gasteiger partial charge in [0.25, 0.3) is 5.91 Å². The first-order chi connectivity index (χ1) is 15.7. The number of aliphatic hydroxyl groups excluding tert-OH is 1. The molecular formula is C26H21F3N2O2. The van der Waals surface area contributed by atoms with Crippen molar-refractivity contribution in [1.29, 1.82) is 0 Å². The van der Waals surface area contributed by atoms with Crippen molar-refractivity contribution in [2.75, 3.05) is 0 Å². The number of alkyl halides is 3. The third kappa shape index (κ3) is 4.88. The van der Waals surface area contributed by atoms with E-state index >= 15 is 0 Å². The number of fused-ring (bicyclic) bond motifs is 1. The molecule has 4 rings (SSSR count). The Bertz CT molecular complexity index is 1270. The number of hydrogen-bond acceptors (Lipinski definition) is 3. The lowest BCUT2D eigenvalue weighted by atomic mass is 9.96. The Morgan fingerprint density at radius 3 is 2.39 bits per heavy atom. The van der Waals surface area contributed by atoms with E-state index in [-0.39, 0.29) is 5.91 Å². The predicted molar refractivity (Wildman–Crippen MR) is 121 cm³/mol. The van der Waals surface area contributed by atoms with Crippen molar-refractivity contribution in [3.8, 4) is 11.1 Å². The molecule has 0 aliphatic heterocycles. The van der Waals surface area contributed by atoms with Crippen LogP contribution < -0.4 is 5.32 Å². The zero-order chi connectivity index (χ0) is 23.6. The summed E-state index contributed by atoms with van der Waals surface area (Å²) in [5.74, 6) is -0.348. The molecule has 33 heavy (non-hydrogen) atoms. The van der Waals surface area contributed by atoms with Crippen molar-refractivity contribution >= 4 is 16.7 Å². The standard InChI is InChI=1S/C26H21F3N2O2/c1-16(24(32)23-7-2-3-14-30-23)31-25(33)19-10-13-22-18(15-19)5-4-6-21(22)17-8-11-20(12-9-17)26(27,28)29/h2-16,24,32H,1H3,(H,31,33)/t16?,24-/m0/s1. The third-order valence-electron chi connectivity index (χ3n) is 5.49. The highest BCUT2D eigenvalue weighted by atomic mass is 19.4. The number of halogens is 3. The minimum Gasteiger partial charge on any atom is -0.385 e. The van der Waals surface area contributed by atoms with Crippen molar-refractivity contribution in [1.82, 2.24) is 10.3 Å². The molecule has 1 amide bonds. The Balaban J connectivity index is 1.57. The molecule has 0 fully saturated rings. The number of amides is 1. The van der Waals surface area contributed by atoms with Crippen LogP contribution in [-0.2, 0) is 6.18 Å². The van der Waals surface area contributed by atoms with Crippen molar-refractivity contribution in [2.45, 2.75) is 25.2 Å². The number of benzene rings is 3. The highest BCUT2D eigenvalue weighted by Gasteiger charge is 2.30. The van der Waals surface area contributed by atoms with Gasteiger partial charge in [0, 0.05) is 11.8 Å². The average molecular weight is 450 g/mol. The second-order valence-electron chi connectivity index (χ2n) is 7.78. The van der Waals surface area contributed by atoms with Crippen LogP contribution in [0.2, 0.25) is 0 Å². The van der Waals surface area contributed by atoms with E-state index in [1.54, 1.807) is 55.6 Å². The molecule has 4 nitrogen and oxygen atoms in total. The number of hydrogen-bond donors (Lipinski definition) is 2. The van der Waals surface area contributed by atoms with E-state index in [0.717, 1.165) is 28.5 Å². The summed E-state index contributed by atoms with van der Waals surface area (Å²) in [5.41, 5.74) is 1.59. The SMILES string of the molecule is CC(NC(=O)c1ccc2c(-c3ccc(C(F)(F)F)cc3)cccc2c1)[C@H](O)c1ccccn1. The fourth-order valence-corrected chi connectivity index (χ4v) is 3.69. The van der Waals surface area contributed by atoms with E-state index in [1.165, 1.54) is 12.1 Å². The second-order valence-corrected chi connectivity index (χ2v) is 7.78. The number of aliphatic hydroxyl groups is 1. The van der Waals surface area contributed by atoms with E-state index in [1.807, 2.05) is 12.1 Å². The summed E-state index contributed by atoms with van der Waals surface area (Å²) in [6.45, 7) is 1.70. The highest BCUT2D eigenvalue weighted by Crippen LogP contribution is 2.33. The fraction of sp³-hybridized carbons (Fsp3) is 0.154. The fourth-order valence-electron chi connectivity index (χ4n) is 3.69. The average Bonchev–Trinajstić information content (AvgIpc) is 2.82. The molecule has 0 spiro atoms. The zero-order valence-corrected chi connectivity index (χ0v) is 17.7. The minimum absolute atomic E-state index is 0.348. The van der Waals surface area contributed by atoms with Crippen LogP contribution in [0, 0.1) is 0 Å². The van der Waals surface area contributed by atoms with Gasteiger partial charge < -0.3 is 10.4 Å². The summed E-state index contributed by atoms with van der Waals surface area (Å²) < 4.78 is 38.6. The number of nitrogens with zero attached hydrogens (tertiary/aromatic N) is 1. The molecule has 1 unspecified atom stereocenters. The maximum atomic E-state index is 12.9. The first-order valence-corrected chi connectivity index (χ1v) is 10.3. The Morgan fingerprint density at radius 1 is 0.970 bits per heavy atom. The van der Waals surface area contributed by atoms with Gasteiger partial charge in [0.15, 0.2) is 0 Å². The predicted octanol–water partition coefficient (Wildman–Crippen LogP) is 5.77. The molecule has 2 N–H and O–H groups in total. The molecular weight excluding hydrogens is 429 g/mol. The van der Waals surface area contributed by atoms with Gasteiger partial charge >= 0.3 is 6.18 Å². The molecule has 7 heteroatoms. The van der Waals surface area contributed by atoms with Crippen LogP contribution in [0.25, 0.3) is 21.9 Å². The molecule has 168 valence electrons. The molecule has 0 saturated carbocycles. The number of carbonyl (C=O) groups is 1. The van der Waals surface area contributed by atoms with Crippen LogP contribution in [0.5, 0.6) is 0 Å². The van der Waals surface area contributed by atoms with Crippen LogP contribution in [0.15, 0.2) is 85.1 Å². The lowest BCUT2D eigenvalue weighted by Gasteiger charge is -2.20. The largest absolute Gasteiger partial charge is 0.416 e. The molecule has 1 heterocycles. The Hall–Kier alpha value is -3.71. The van der Waals surface area contributed by atoms with Gasteiger partial charge in [-0.1, -0.05) is 42.5 Å². The van der Waals surface area contributed by atoms with Crippen LogP contribution >= 0.6 is 0 Å². The molecule has 0 aliphatic rings. The highest BCUT2D eigenvalue weighted by molar-refractivity contribution is 6.02. The van der Waals surface area contributed by atoms with Gasteiger partial charge in [0.05, 0.1) is 17.3 Å². The van der Waals surface area contributed by atoms with Gasteiger partial charge in [-0.05, 0) is 65.2 Å². The van der Waals surface area contributed by atoms with E-state index in [9.17, 15) is 23.1 Å². The Morgan fingerprint density at radius 2 is 1.73 bits per heavy atom. The maximum absolute atomic E-state index is 12.9. The minimum atomic E-state index is -4.39. The maximum Gasteiger partial charge on any atom is 0.416 e. The van der Waals surface area contributed by atoms with E-state index in [0.29, 0.717) is 16.8 Å². The van der Waals surface area contributed by atoms with Crippen LogP contribution in [0.3, 0.4) is 0 Å². The first-order valence-electron chi connectivity index (χ1n) is 10.3. The summed E-state index contributed by atoms with van der Waals surface area (Å²) in [6.07, 6.45) is -3.77. The van der Waals surface area contributed by atoms with Gasteiger partial charge in [-0.3, -0.25) is 9.78 Å². The summed E-state index contributed by atoms with van der Waals surface area (Å²) >= 11 is 0. The molecule has 1 aromatic heterocycles. The van der Waals surface area contributed by atoms with Gasteiger partial charge in [-0.25, -0.2) is 0 Å². The summed E-state index contributed by atoms with van der Waals surface area (Å²) in [6, 6.07) is 20.2. The monoisotopic (exact) mass is 450 g/mol. The van der Waals surface area contributed by atoms with Crippen molar-refractivity contribution in [3.05, 3.63) is 102 Å². The smallest absolute Gasteiger partial charge is 0.385 e. The van der Waals surface area contributed by atoms with Gasteiger partial charge in [0.1, 0.15) is 6.10 Å². The Labute approximate surface area is 188 Å².